The number of carbonyl (C=O) groups is 2. The van der Waals surface area contributed by atoms with Crippen molar-refractivity contribution in [3.63, 3.8) is 0 Å². The molecule has 0 saturated carbocycles. The van der Waals surface area contributed by atoms with Gasteiger partial charge in [0.15, 0.2) is 0 Å². The van der Waals surface area contributed by atoms with Gasteiger partial charge in [0.05, 0.1) is 11.1 Å². The van der Waals surface area contributed by atoms with Crippen LogP contribution in [0, 0.1) is 0 Å². The lowest BCUT2D eigenvalue weighted by Crippen LogP contribution is -2.45. The molecule has 0 aliphatic heterocycles. The molecule has 0 bridgehead atoms. The van der Waals surface area contributed by atoms with Crippen LogP contribution in [-0.4, -0.2) is 27.0 Å². The van der Waals surface area contributed by atoms with E-state index < -0.39 is 22.6 Å². The standard InChI is InChI=1S/C30H44N2O4/c1-27(2,3)17-13-15-19(33)21(23(17)29(7,8)9)25(35)32(31)26(36)22-20(34)16-14-18(28(4,5)6)24(22)30(10,11)12/h13-16,33-34H,31H2,1-12H3. The van der Waals surface area contributed by atoms with E-state index >= 15 is 0 Å². The minimum atomic E-state index is -0.825. The van der Waals surface area contributed by atoms with Gasteiger partial charge in [-0.2, -0.15) is 0 Å². The van der Waals surface area contributed by atoms with Gasteiger partial charge in [-0.05, 0) is 56.0 Å². The summed E-state index contributed by atoms with van der Waals surface area (Å²) >= 11 is 0. The van der Waals surface area contributed by atoms with Crippen molar-refractivity contribution < 1.29 is 19.8 Å². The molecule has 0 heterocycles. The lowest BCUT2D eigenvalue weighted by molar-refractivity contribution is 0.0609. The summed E-state index contributed by atoms with van der Waals surface area (Å²) < 4.78 is 0. The van der Waals surface area contributed by atoms with Gasteiger partial charge in [-0.15, -0.1) is 0 Å². The van der Waals surface area contributed by atoms with Crippen LogP contribution in [0.3, 0.4) is 0 Å². The first-order chi connectivity index (χ1) is 16.0. The summed E-state index contributed by atoms with van der Waals surface area (Å²) in [5, 5.41) is 22.2. The van der Waals surface area contributed by atoms with E-state index in [1.807, 2.05) is 95.2 Å². The molecule has 2 aromatic rings. The molecule has 0 aliphatic rings. The van der Waals surface area contributed by atoms with E-state index in [0.29, 0.717) is 16.1 Å². The molecule has 198 valence electrons. The summed E-state index contributed by atoms with van der Waals surface area (Å²) in [7, 11) is 0. The summed E-state index contributed by atoms with van der Waals surface area (Å²) in [5.74, 6) is 4.08. The Morgan fingerprint density at radius 3 is 1.08 bits per heavy atom. The Balaban J connectivity index is 2.83. The summed E-state index contributed by atoms with van der Waals surface area (Å²) in [5.41, 5.74) is 1.31. The summed E-state index contributed by atoms with van der Waals surface area (Å²) in [6.07, 6.45) is 0. The van der Waals surface area contributed by atoms with Crippen LogP contribution in [0.15, 0.2) is 24.3 Å². The van der Waals surface area contributed by atoms with Crippen molar-refractivity contribution in [3.8, 4) is 11.5 Å². The molecule has 0 unspecified atom stereocenters. The zero-order valence-corrected chi connectivity index (χ0v) is 24.0. The van der Waals surface area contributed by atoms with Crippen LogP contribution in [0.2, 0.25) is 0 Å². The molecule has 0 fully saturated rings. The molecule has 2 aromatic carbocycles. The third-order valence-electron chi connectivity index (χ3n) is 6.35. The summed E-state index contributed by atoms with van der Waals surface area (Å²) in [4.78, 5) is 27.6. The molecular weight excluding hydrogens is 452 g/mol. The molecule has 0 aliphatic carbocycles. The number of amides is 2. The van der Waals surface area contributed by atoms with Gasteiger partial charge in [0.2, 0.25) is 0 Å². The Hall–Kier alpha value is -2.86. The molecule has 4 N–H and O–H groups in total. The zero-order valence-electron chi connectivity index (χ0n) is 24.0. The molecule has 0 aromatic heterocycles. The Morgan fingerprint density at radius 1 is 0.583 bits per heavy atom. The second-order valence-electron chi connectivity index (χ2n) is 13.7. The number of benzene rings is 2. The number of nitrogens with zero attached hydrogens (tertiary/aromatic N) is 1. The largest absolute Gasteiger partial charge is 0.507 e. The normalized spacial score (nSPS) is 13.0. The fourth-order valence-electron chi connectivity index (χ4n) is 4.76. The van der Waals surface area contributed by atoms with Gasteiger partial charge in [-0.25, -0.2) is 10.9 Å². The maximum Gasteiger partial charge on any atom is 0.279 e. The van der Waals surface area contributed by atoms with Crippen LogP contribution in [0.5, 0.6) is 11.5 Å². The fourth-order valence-corrected chi connectivity index (χ4v) is 4.76. The number of phenolic OH excluding ortho intramolecular Hbond substituents is 2. The van der Waals surface area contributed by atoms with Gasteiger partial charge < -0.3 is 10.2 Å². The van der Waals surface area contributed by atoms with E-state index in [0.717, 1.165) is 11.1 Å². The molecule has 0 atom stereocenters. The van der Waals surface area contributed by atoms with Crippen molar-refractivity contribution in [1.82, 2.24) is 5.01 Å². The molecule has 0 radical (unpaired) electrons. The highest BCUT2D eigenvalue weighted by molar-refractivity contribution is 6.13. The minimum absolute atomic E-state index is 0.00505. The van der Waals surface area contributed by atoms with Crippen LogP contribution >= 0.6 is 0 Å². The Morgan fingerprint density at radius 2 is 0.861 bits per heavy atom. The highest BCUT2D eigenvalue weighted by Gasteiger charge is 2.38. The summed E-state index contributed by atoms with van der Waals surface area (Å²) in [6, 6.07) is 6.57. The van der Waals surface area contributed by atoms with E-state index in [4.69, 9.17) is 5.84 Å². The van der Waals surface area contributed by atoms with Crippen LogP contribution < -0.4 is 5.84 Å². The first-order valence-electron chi connectivity index (χ1n) is 12.4. The summed E-state index contributed by atoms with van der Waals surface area (Å²) in [6.45, 7) is 23.9. The van der Waals surface area contributed by atoms with Crippen molar-refractivity contribution in [2.24, 2.45) is 5.84 Å². The Kier molecular flexibility index (Phi) is 7.52. The quantitative estimate of drug-likeness (QED) is 0.192. The van der Waals surface area contributed by atoms with Gasteiger partial charge in [-0.1, -0.05) is 95.2 Å². The van der Waals surface area contributed by atoms with Crippen molar-refractivity contribution in [3.05, 3.63) is 57.6 Å². The van der Waals surface area contributed by atoms with E-state index in [2.05, 4.69) is 0 Å². The number of phenols is 2. The second-order valence-corrected chi connectivity index (χ2v) is 13.7. The molecule has 6 nitrogen and oxygen atoms in total. The van der Waals surface area contributed by atoms with Crippen LogP contribution in [0.4, 0.5) is 0 Å². The predicted octanol–water partition coefficient (Wildman–Crippen LogP) is 6.44. The molecule has 0 spiro atoms. The van der Waals surface area contributed by atoms with Crippen molar-refractivity contribution in [2.45, 2.75) is 105 Å². The lowest BCUT2D eigenvalue weighted by Gasteiger charge is -2.34. The van der Waals surface area contributed by atoms with Crippen molar-refractivity contribution in [1.29, 1.82) is 0 Å². The number of imide groups is 1. The molecule has 36 heavy (non-hydrogen) atoms. The highest BCUT2D eigenvalue weighted by atomic mass is 16.3. The first kappa shape index (κ1) is 29.4. The van der Waals surface area contributed by atoms with E-state index in [1.165, 1.54) is 12.1 Å². The van der Waals surface area contributed by atoms with Gasteiger partial charge in [0.25, 0.3) is 11.8 Å². The topological polar surface area (TPSA) is 104 Å². The molecule has 2 amide bonds. The molecule has 0 saturated heterocycles. The highest BCUT2D eigenvalue weighted by Crippen LogP contribution is 2.42. The third kappa shape index (κ3) is 5.59. The van der Waals surface area contributed by atoms with Crippen LogP contribution in [-0.2, 0) is 21.7 Å². The van der Waals surface area contributed by atoms with Gasteiger partial charge >= 0.3 is 0 Å². The number of hydrazine groups is 1. The monoisotopic (exact) mass is 496 g/mol. The number of rotatable bonds is 2. The number of hydrogen-bond acceptors (Lipinski definition) is 5. The van der Waals surface area contributed by atoms with Crippen LogP contribution in [0.25, 0.3) is 0 Å². The lowest BCUT2D eigenvalue weighted by atomic mass is 9.72. The maximum atomic E-state index is 13.8. The van der Waals surface area contributed by atoms with Crippen LogP contribution in [0.1, 0.15) is 126 Å². The molecular formula is C30H44N2O4. The smallest absolute Gasteiger partial charge is 0.279 e. The van der Waals surface area contributed by atoms with Gasteiger partial charge in [-0.3, -0.25) is 9.59 Å². The average Bonchev–Trinajstić information content (AvgIpc) is 2.68. The van der Waals surface area contributed by atoms with E-state index in [9.17, 15) is 19.8 Å². The van der Waals surface area contributed by atoms with E-state index in [-0.39, 0.29) is 33.5 Å². The first-order valence-corrected chi connectivity index (χ1v) is 12.4. The number of hydrogen-bond donors (Lipinski definition) is 3. The number of aromatic hydroxyl groups is 2. The van der Waals surface area contributed by atoms with Crippen molar-refractivity contribution >= 4 is 11.8 Å². The maximum absolute atomic E-state index is 13.8. The average molecular weight is 497 g/mol. The fraction of sp³-hybridized carbons (Fsp3) is 0.533. The predicted molar refractivity (Wildman–Crippen MR) is 146 cm³/mol. The Labute approximate surface area is 216 Å². The third-order valence-corrected chi connectivity index (χ3v) is 6.35. The molecule has 2 rings (SSSR count). The number of carbonyl (C=O) groups excluding carboxylic acids is 2. The SMILES string of the molecule is CC(C)(C)c1ccc(O)c(C(=O)N(N)C(=O)c2c(O)ccc(C(C)(C)C)c2C(C)(C)C)c1C(C)(C)C. The zero-order chi connectivity index (χ0) is 28.2. The van der Waals surface area contributed by atoms with E-state index in [1.54, 1.807) is 0 Å². The molecule has 6 heteroatoms. The van der Waals surface area contributed by atoms with Gasteiger partial charge in [0.1, 0.15) is 11.5 Å². The minimum Gasteiger partial charge on any atom is -0.507 e. The number of nitrogens with two attached hydrogens (primary N) is 1. The second kappa shape index (κ2) is 9.22. The van der Waals surface area contributed by atoms with Gasteiger partial charge in [0, 0.05) is 0 Å². The Bertz CT molecular complexity index is 1090. The van der Waals surface area contributed by atoms with Crippen molar-refractivity contribution in [2.75, 3.05) is 0 Å².